The third-order valence-corrected chi connectivity index (χ3v) is 4.67. The van der Waals surface area contributed by atoms with Crippen LogP contribution in [0, 0.1) is 5.92 Å². The highest BCUT2D eigenvalue weighted by Crippen LogP contribution is 2.22. The van der Waals surface area contributed by atoms with Gasteiger partial charge in [-0.05, 0) is 25.2 Å². The molecule has 20 heavy (non-hydrogen) atoms. The molecule has 1 saturated heterocycles. The Bertz CT molecular complexity index is 205. The van der Waals surface area contributed by atoms with Crippen molar-refractivity contribution in [1.29, 1.82) is 0 Å². The second-order valence-corrected chi connectivity index (χ2v) is 6.34. The Labute approximate surface area is 126 Å². The molecule has 0 spiro atoms. The SMILES string of the molecule is CCCCCCCCCCCC(NN)C1CCOCC1. The monoisotopic (exact) mass is 284 g/mol. The minimum absolute atomic E-state index is 0.503. The molecule has 0 aromatic carbocycles. The maximum Gasteiger partial charge on any atom is 0.0469 e. The van der Waals surface area contributed by atoms with Gasteiger partial charge in [0.15, 0.2) is 0 Å². The largest absolute Gasteiger partial charge is 0.381 e. The maximum absolute atomic E-state index is 5.72. The minimum Gasteiger partial charge on any atom is -0.381 e. The fourth-order valence-corrected chi connectivity index (χ4v) is 3.25. The van der Waals surface area contributed by atoms with Crippen molar-refractivity contribution in [2.75, 3.05) is 13.2 Å². The zero-order chi connectivity index (χ0) is 14.5. The van der Waals surface area contributed by atoms with Gasteiger partial charge in [-0.15, -0.1) is 0 Å². The van der Waals surface area contributed by atoms with E-state index in [0.717, 1.165) is 19.1 Å². The van der Waals surface area contributed by atoms with Crippen LogP contribution in [-0.4, -0.2) is 19.3 Å². The Kier molecular flexibility index (Phi) is 11.3. The molecular formula is C17H36N2O. The smallest absolute Gasteiger partial charge is 0.0469 e. The highest BCUT2D eigenvalue weighted by atomic mass is 16.5. The number of rotatable bonds is 12. The summed E-state index contributed by atoms with van der Waals surface area (Å²) >= 11 is 0. The normalized spacial score (nSPS) is 18.3. The van der Waals surface area contributed by atoms with Crippen molar-refractivity contribution in [1.82, 2.24) is 5.43 Å². The molecule has 0 bridgehead atoms. The summed E-state index contributed by atoms with van der Waals surface area (Å²) in [5.74, 6) is 6.45. The summed E-state index contributed by atoms with van der Waals surface area (Å²) in [6.07, 6.45) is 16.1. The molecule has 3 nitrogen and oxygen atoms in total. The molecule has 0 aromatic heterocycles. The molecule has 3 heteroatoms. The second-order valence-electron chi connectivity index (χ2n) is 6.34. The summed E-state index contributed by atoms with van der Waals surface area (Å²) in [7, 11) is 0. The van der Waals surface area contributed by atoms with Gasteiger partial charge in [0.25, 0.3) is 0 Å². The van der Waals surface area contributed by atoms with E-state index < -0.39 is 0 Å². The predicted molar refractivity (Wildman–Crippen MR) is 86.5 cm³/mol. The number of unbranched alkanes of at least 4 members (excludes halogenated alkanes) is 8. The summed E-state index contributed by atoms with van der Waals surface area (Å²) < 4.78 is 5.42. The molecule has 120 valence electrons. The Morgan fingerprint density at radius 3 is 2.05 bits per heavy atom. The van der Waals surface area contributed by atoms with Gasteiger partial charge in [0.1, 0.15) is 0 Å². The number of nitrogens with one attached hydrogen (secondary N) is 1. The molecule has 0 saturated carbocycles. The topological polar surface area (TPSA) is 47.3 Å². The molecule has 0 aromatic rings. The standard InChI is InChI=1S/C17H36N2O/c1-2-3-4-5-6-7-8-9-10-11-17(19-18)16-12-14-20-15-13-16/h16-17,19H,2-15,18H2,1H3. The number of hydrogen-bond donors (Lipinski definition) is 2. The van der Waals surface area contributed by atoms with E-state index in [-0.39, 0.29) is 0 Å². The Hall–Kier alpha value is -0.120. The predicted octanol–water partition coefficient (Wildman–Crippen LogP) is 4.17. The molecule has 0 aliphatic carbocycles. The van der Waals surface area contributed by atoms with E-state index >= 15 is 0 Å². The molecular weight excluding hydrogens is 248 g/mol. The summed E-state index contributed by atoms with van der Waals surface area (Å²) in [5.41, 5.74) is 3.04. The Morgan fingerprint density at radius 2 is 1.50 bits per heavy atom. The van der Waals surface area contributed by atoms with Crippen molar-refractivity contribution in [3.63, 3.8) is 0 Å². The first kappa shape index (κ1) is 17.9. The Balaban J connectivity index is 1.93. The third-order valence-electron chi connectivity index (χ3n) is 4.67. The van der Waals surface area contributed by atoms with Crippen LogP contribution in [0.2, 0.25) is 0 Å². The lowest BCUT2D eigenvalue weighted by Crippen LogP contribution is -2.42. The van der Waals surface area contributed by atoms with E-state index in [0.29, 0.717) is 6.04 Å². The van der Waals surface area contributed by atoms with Crippen molar-refractivity contribution in [2.45, 2.75) is 90.0 Å². The third kappa shape index (κ3) is 8.23. The van der Waals surface area contributed by atoms with Crippen LogP contribution in [0.25, 0.3) is 0 Å². The van der Waals surface area contributed by atoms with Gasteiger partial charge in [-0.3, -0.25) is 11.3 Å². The number of nitrogens with two attached hydrogens (primary N) is 1. The molecule has 1 heterocycles. The van der Waals surface area contributed by atoms with Gasteiger partial charge >= 0.3 is 0 Å². The van der Waals surface area contributed by atoms with E-state index in [4.69, 9.17) is 10.6 Å². The van der Waals surface area contributed by atoms with Crippen molar-refractivity contribution in [3.05, 3.63) is 0 Å². The van der Waals surface area contributed by atoms with Crippen LogP contribution in [0.5, 0.6) is 0 Å². The summed E-state index contributed by atoms with van der Waals surface area (Å²) in [6, 6.07) is 0.503. The lowest BCUT2D eigenvalue weighted by molar-refractivity contribution is 0.0522. The van der Waals surface area contributed by atoms with Gasteiger partial charge in [-0.1, -0.05) is 64.7 Å². The average molecular weight is 284 g/mol. The van der Waals surface area contributed by atoms with Gasteiger partial charge in [-0.25, -0.2) is 0 Å². The zero-order valence-electron chi connectivity index (χ0n) is 13.5. The van der Waals surface area contributed by atoms with Gasteiger partial charge in [-0.2, -0.15) is 0 Å². The van der Waals surface area contributed by atoms with Crippen LogP contribution >= 0.6 is 0 Å². The molecule has 1 fully saturated rings. The molecule has 0 radical (unpaired) electrons. The van der Waals surface area contributed by atoms with E-state index in [1.54, 1.807) is 0 Å². The lowest BCUT2D eigenvalue weighted by atomic mass is 9.88. The van der Waals surface area contributed by atoms with Crippen LogP contribution in [0.15, 0.2) is 0 Å². The van der Waals surface area contributed by atoms with Gasteiger partial charge in [0.05, 0.1) is 0 Å². The number of hydrogen-bond acceptors (Lipinski definition) is 3. The van der Waals surface area contributed by atoms with E-state index in [2.05, 4.69) is 12.3 Å². The summed E-state index contributed by atoms with van der Waals surface area (Å²) in [6.45, 7) is 4.11. The van der Waals surface area contributed by atoms with Crippen molar-refractivity contribution < 1.29 is 4.74 Å². The molecule has 1 aliphatic heterocycles. The average Bonchev–Trinajstić information content (AvgIpc) is 2.50. The Morgan fingerprint density at radius 1 is 0.950 bits per heavy atom. The van der Waals surface area contributed by atoms with Crippen molar-refractivity contribution >= 4 is 0 Å². The van der Waals surface area contributed by atoms with Gasteiger partial charge in [0.2, 0.25) is 0 Å². The molecule has 1 unspecified atom stereocenters. The van der Waals surface area contributed by atoms with Crippen LogP contribution in [0.3, 0.4) is 0 Å². The van der Waals surface area contributed by atoms with Crippen LogP contribution in [0.1, 0.15) is 84.0 Å². The maximum atomic E-state index is 5.72. The van der Waals surface area contributed by atoms with Crippen molar-refractivity contribution in [2.24, 2.45) is 11.8 Å². The molecule has 0 amide bonds. The first-order chi connectivity index (χ1) is 9.88. The molecule has 1 atom stereocenters. The molecule has 3 N–H and O–H groups in total. The first-order valence-electron chi connectivity index (χ1n) is 8.92. The fraction of sp³-hybridized carbons (Fsp3) is 1.00. The highest BCUT2D eigenvalue weighted by Gasteiger charge is 2.22. The van der Waals surface area contributed by atoms with Crippen LogP contribution in [0.4, 0.5) is 0 Å². The summed E-state index contributed by atoms with van der Waals surface area (Å²) in [4.78, 5) is 0. The highest BCUT2D eigenvalue weighted by molar-refractivity contribution is 4.76. The van der Waals surface area contributed by atoms with E-state index in [1.165, 1.54) is 77.0 Å². The minimum atomic E-state index is 0.503. The van der Waals surface area contributed by atoms with Crippen LogP contribution in [-0.2, 0) is 4.74 Å². The molecule has 1 rings (SSSR count). The van der Waals surface area contributed by atoms with E-state index in [1.807, 2.05) is 0 Å². The number of ether oxygens (including phenoxy) is 1. The van der Waals surface area contributed by atoms with Gasteiger partial charge < -0.3 is 4.74 Å². The quantitative estimate of drug-likeness (QED) is 0.321. The van der Waals surface area contributed by atoms with E-state index in [9.17, 15) is 0 Å². The second kappa shape index (κ2) is 12.6. The summed E-state index contributed by atoms with van der Waals surface area (Å²) in [5, 5.41) is 0. The number of hydrazine groups is 1. The molecule has 1 aliphatic rings. The lowest BCUT2D eigenvalue weighted by Gasteiger charge is -2.29. The zero-order valence-corrected chi connectivity index (χ0v) is 13.5. The van der Waals surface area contributed by atoms with Crippen LogP contribution < -0.4 is 11.3 Å². The van der Waals surface area contributed by atoms with Gasteiger partial charge in [0, 0.05) is 19.3 Å². The first-order valence-corrected chi connectivity index (χ1v) is 8.92. The fourth-order valence-electron chi connectivity index (χ4n) is 3.25. The van der Waals surface area contributed by atoms with Crippen molar-refractivity contribution in [3.8, 4) is 0 Å².